The van der Waals surface area contributed by atoms with Crippen LogP contribution in [0.15, 0.2) is 43.2 Å². The fraction of sp³-hybridized carbons (Fsp3) is 0. The summed E-state index contributed by atoms with van der Waals surface area (Å²) in [6, 6.07) is 7.67. The first-order valence-electron chi connectivity index (χ1n) is 6.00. The molecule has 0 aliphatic rings. The largest absolute Gasteiger partial charge is 0.267 e. The van der Waals surface area contributed by atoms with Crippen molar-refractivity contribution in [3.05, 3.63) is 48.5 Å². The highest BCUT2D eigenvalue weighted by Gasteiger charge is 2.11. The highest BCUT2D eigenvalue weighted by molar-refractivity contribution is 6.28. The Labute approximate surface area is 123 Å². The lowest BCUT2D eigenvalue weighted by molar-refractivity contribution is 0.776. The summed E-state index contributed by atoms with van der Waals surface area (Å²) in [7, 11) is 0. The Morgan fingerprint density at radius 1 is 0.952 bits per heavy atom. The van der Waals surface area contributed by atoms with Gasteiger partial charge in [-0.1, -0.05) is 12.1 Å². The van der Waals surface area contributed by atoms with Gasteiger partial charge < -0.3 is 0 Å². The average Bonchev–Trinajstić information content (AvgIpc) is 3.16. The van der Waals surface area contributed by atoms with Crippen molar-refractivity contribution in [1.29, 1.82) is 0 Å². The summed E-state index contributed by atoms with van der Waals surface area (Å²) in [6.45, 7) is 0. The van der Waals surface area contributed by atoms with E-state index in [0.717, 1.165) is 11.0 Å². The van der Waals surface area contributed by atoms with Crippen molar-refractivity contribution in [2.24, 2.45) is 0 Å². The summed E-state index contributed by atoms with van der Waals surface area (Å²) in [4.78, 5) is 20.7. The summed E-state index contributed by atoms with van der Waals surface area (Å²) in [6.07, 6.45) is 4.52. The molecule has 9 heteroatoms. The molecule has 8 nitrogen and oxygen atoms in total. The Bertz CT molecular complexity index is 914. The normalized spacial score (nSPS) is 11.1. The van der Waals surface area contributed by atoms with Gasteiger partial charge in [0.05, 0.1) is 11.0 Å². The molecule has 102 valence electrons. The standard InChI is InChI=1S/C12H7ClN8/c13-10-17-11(19-12(18-10)21-6-14-5-16-21)20-7-15-8-3-1-2-4-9(8)20/h1-7H. The van der Waals surface area contributed by atoms with E-state index in [1.807, 2.05) is 24.3 Å². The van der Waals surface area contributed by atoms with E-state index < -0.39 is 0 Å². The lowest BCUT2D eigenvalue weighted by Gasteiger charge is -2.05. The van der Waals surface area contributed by atoms with E-state index in [1.165, 1.54) is 17.3 Å². The van der Waals surface area contributed by atoms with Crippen LogP contribution in [0.4, 0.5) is 0 Å². The van der Waals surface area contributed by atoms with Gasteiger partial charge in [0.2, 0.25) is 11.2 Å². The number of fused-ring (bicyclic) bond motifs is 1. The van der Waals surface area contributed by atoms with Crippen molar-refractivity contribution in [1.82, 2.24) is 39.3 Å². The lowest BCUT2D eigenvalue weighted by atomic mass is 10.3. The molecule has 0 bridgehead atoms. The third kappa shape index (κ3) is 2.01. The van der Waals surface area contributed by atoms with Gasteiger partial charge in [0.1, 0.15) is 19.0 Å². The van der Waals surface area contributed by atoms with E-state index in [9.17, 15) is 0 Å². The predicted molar refractivity (Wildman–Crippen MR) is 74.4 cm³/mol. The highest BCUT2D eigenvalue weighted by atomic mass is 35.5. The van der Waals surface area contributed by atoms with E-state index in [0.29, 0.717) is 11.9 Å². The van der Waals surface area contributed by atoms with E-state index in [4.69, 9.17) is 11.6 Å². The van der Waals surface area contributed by atoms with Crippen LogP contribution in [0.25, 0.3) is 22.9 Å². The zero-order valence-electron chi connectivity index (χ0n) is 10.5. The number of rotatable bonds is 2. The second-order valence-electron chi connectivity index (χ2n) is 4.15. The van der Waals surface area contributed by atoms with Crippen molar-refractivity contribution < 1.29 is 0 Å². The molecule has 4 rings (SSSR count). The molecule has 21 heavy (non-hydrogen) atoms. The van der Waals surface area contributed by atoms with Crippen molar-refractivity contribution >= 4 is 22.6 Å². The highest BCUT2D eigenvalue weighted by Crippen LogP contribution is 2.16. The molecule has 0 fully saturated rings. The smallest absolute Gasteiger partial charge is 0.258 e. The van der Waals surface area contributed by atoms with E-state index in [-0.39, 0.29) is 5.28 Å². The first-order valence-corrected chi connectivity index (χ1v) is 6.38. The molecule has 3 aromatic heterocycles. The Kier molecular flexibility index (Phi) is 2.61. The van der Waals surface area contributed by atoms with Gasteiger partial charge in [-0.3, -0.25) is 4.57 Å². The minimum atomic E-state index is 0.0725. The minimum absolute atomic E-state index is 0.0725. The van der Waals surface area contributed by atoms with Crippen LogP contribution in [0.1, 0.15) is 0 Å². The summed E-state index contributed by atoms with van der Waals surface area (Å²) in [5, 5.41) is 4.05. The Morgan fingerprint density at radius 3 is 2.67 bits per heavy atom. The third-order valence-electron chi connectivity index (χ3n) is 2.88. The average molecular weight is 299 g/mol. The van der Waals surface area contributed by atoms with Crippen LogP contribution in [0, 0.1) is 0 Å². The lowest BCUT2D eigenvalue weighted by Crippen LogP contribution is -2.08. The fourth-order valence-electron chi connectivity index (χ4n) is 1.97. The third-order valence-corrected chi connectivity index (χ3v) is 3.05. The molecule has 0 N–H and O–H groups in total. The second kappa shape index (κ2) is 4.60. The van der Waals surface area contributed by atoms with Gasteiger partial charge in [0.15, 0.2) is 0 Å². The molecule has 4 aromatic rings. The summed E-state index contributed by atoms with van der Waals surface area (Å²) in [5.41, 5.74) is 1.72. The summed E-state index contributed by atoms with van der Waals surface area (Å²) in [5.74, 6) is 0.662. The molecule has 0 amide bonds. The zero-order chi connectivity index (χ0) is 14.2. The molecule has 0 aliphatic carbocycles. The molecular weight excluding hydrogens is 292 g/mol. The summed E-state index contributed by atoms with van der Waals surface area (Å²) >= 11 is 5.98. The van der Waals surface area contributed by atoms with Gasteiger partial charge in [-0.05, 0) is 23.7 Å². The topological polar surface area (TPSA) is 87.2 Å². The maximum absolute atomic E-state index is 5.98. The van der Waals surface area contributed by atoms with Gasteiger partial charge >= 0.3 is 0 Å². The number of hydrogen-bond acceptors (Lipinski definition) is 6. The summed E-state index contributed by atoms with van der Waals surface area (Å²) < 4.78 is 3.15. The molecule has 3 heterocycles. The number of benzene rings is 1. The van der Waals surface area contributed by atoms with Crippen molar-refractivity contribution in [3.63, 3.8) is 0 Å². The molecule has 0 spiro atoms. The number of halogens is 1. The van der Waals surface area contributed by atoms with Crippen LogP contribution in [0.3, 0.4) is 0 Å². The van der Waals surface area contributed by atoms with Crippen molar-refractivity contribution in [2.45, 2.75) is 0 Å². The number of aromatic nitrogens is 8. The van der Waals surface area contributed by atoms with Gasteiger partial charge in [0.25, 0.3) is 5.95 Å². The molecule has 0 unspecified atom stereocenters. The van der Waals surface area contributed by atoms with Gasteiger partial charge in [-0.25, -0.2) is 9.97 Å². The molecule has 0 saturated carbocycles. The van der Waals surface area contributed by atoms with Crippen LogP contribution < -0.4 is 0 Å². The molecule has 0 saturated heterocycles. The fourth-order valence-corrected chi connectivity index (χ4v) is 2.12. The first-order chi connectivity index (χ1) is 10.3. The number of imidazole rings is 1. The number of para-hydroxylation sites is 2. The molecular formula is C12H7ClN8. The molecule has 1 aromatic carbocycles. The van der Waals surface area contributed by atoms with Crippen molar-refractivity contribution in [3.8, 4) is 11.9 Å². The van der Waals surface area contributed by atoms with E-state index in [2.05, 4.69) is 30.0 Å². The van der Waals surface area contributed by atoms with Gasteiger partial charge in [0, 0.05) is 0 Å². The number of nitrogens with zero attached hydrogens (tertiary/aromatic N) is 8. The predicted octanol–water partition coefficient (Wildman–Crippen LogP) is 1.44. The van der Waals surface area contributed by atoms with Crippen LogP contribution in [0.5, 0.6) is 0 Å². The quantitative estimate of drug-likeness (QED) is 0.556. The van der Waals surface area contributed by atoms with E-state index >= 15 is 0 Å². The SMILES string of the molecule is Clc1nc(-n2cncn2)nc(-n2cnc3ccccc32)n1. The molecule has 0 aliphatic heterocycles. The van der Waals surface area contributed by atoms with Crippen LogP contribution in [-0.4, -0.2) is 39.3 Å². The Balaban J connectivity index is 1.93. The van der Waals surface area contributed by atoms with Crippen molar-refractivity contribution in [2.75, 3.05) is 0 Å². The van der Waals surface area contributed by atoms with Crippen LogP contribution in [-0.2, 0) is 0 Å². The molecule has 0 atom stereocenters. The van der Waals surface area contributed by atoms with Crippen LogP contribution >= 0.6 is 11.6 Å². The first kappa shape index (κ1) is 11.9. The zero-order valence-corrected chi connectivity index (χ0v) is 11.3. The van der Waals surface area contributed by atoms with E-state index in [1.54, 1.807) is 10.9 Å². The number of hydrogen-bond donors (Lipinski definition) is 0. The Morgan fingerprint density at radius 2 is 1.81 bits per heavy atom. The maximum Gasteiger partial charge on any atom is 0.258 e. The monoisotopic (exact) mass is 298 g/mol. The second-order valence-corrected chi connectivity index (χ2v) is 4.49. The van der Waals surface area contributed by atoms with Gasteiger partial charge in [-0.15, -0.1) is 0 Å². The Hall–Kier alpha value is -2.87. The van der Waals surface area contributed by atoms with Gasteiger partial charge in [-0.2, -0.15) is 24.7 Å². The minimum Gasteiger partial charge on any atom is -0.267 e. The molecule has 0 radical (unpaired) electrons. The maximum atomic E-state index is 5.98. The van der Waals surface area contributed by atoms with Crippen LogP contribution in [0.2, 0.25) is 5.28 Å².